The van der Waals surface area contributed by atoms with Crippen LogP contribution in [0.15, 0.2) is 60.2 Å². The molecule has 0 bridgehead atoms. The van der Waals surface area contributed by atoms with E-state index in [0.717, 1.165) is 19.0 Å². The van der Waals surface area contributed by atoms with E-state index >= 15 is 0 Å². The van der Waals surface area contributed by atoms with Crippen molar-refractivity contribution in [2.45, 2.75) is 0 Å². The van der Waals surface area contributed by atoms with Crippen LogP contribution < -0.4 is 15.0 Å². The van der Waals surface area contributed by atoms with Gasteiger partial charge in [0.05, 0.1) is 12.4 Å². The van der Waals surface area contributed by atoms with Crippen molar-refractivity contribution in [2.75, 3.05) is 24.7 Å². The lowest BCUT2D eigenvalue weighted by atomic mass is 10.0. The van der Waals surface area contributed by atoms with E-state index in [0.29, 0.717) is 6.61 Å². The summed E-state index contributed by atoms with van der Waals surface area (Å²) < 4.78 is 5.85. The molecule has 0 atom stereocenters. The number of fused-ring (bicyclic) bond motifs is 2. The molecule has 2 aromatic rings. The lowest BCUT2D eigenvalue weighted by Crippen LogP contribution is -2.42. The zero-order valence-corrected chi connectivity index (χ0v) is 11.2. The Labute approximate surface area is 118 Å². The van der Waals surface area contributed by atoms with E-state index in [1.807, 2.05) is 18.2 Å². The Hall–Kier alpha value is -2.42. The first-order valence-electron chi connectivity index (χ1n) is 6.90. The first kappa shape index (κ1) is 11.4. The number of nitrogens with one attached hydrogen (secondary N) is 1. The fraction of sp³-hybridized carbons (Fsp3) is 0.176. The van der Waals surface area contributed by atoms with Gasteiger partial charge in [-0.15, -0.1) is 0 Å². The summed E-state index contributed by atoms with van der Waals surface area (Å²) in [4.78, 5) is 2.33. The zero-order valence-electron chi connectivity index (χ0n) is 11.2. The molecule has 2 heterocycles. The molecular formula is C17H16N2O. The molecule has 0 saturated heterocycles. The summed E-state index contributed by atoms with van der Waals surface area (Å²) >= 11 is 0. The molecule has 2 aliphatic rings. The van der Waals surface area contributed by atoms with Gasteiger partial charge in [0, 0.05) is 23.4 Å². The fourth-order valence-electron chi connectivity index (χ4n) is 2.85. The maximum Gasteiger partial charge on any atom is 0.129 e. The molecule has 0 unspecified atom stereocenters. The Morgan fingerprint density at radius 3 is 2.65 bits per heavy atom. The third kappa shape index (κ3) is 1.83. The van der Waals surface area contributed by atoms with Crippen LogP contribution >= 0.6 is 0 Å². The van der Waals surface area contributed by atoms with Crippen molar-refractivity contribution in [2.24, 2.45) is 0 Å². The molecule has 0 aromatic heterocycles. The highest BCUT2D eigenvalue weighted by Crippen LogP contribution is 2.33. The number of hydrogen-bond acceptors (Lipinski definition) is 3. The standard InChI is InChI=1S/C17H16N2O/c1-2-6-14(7-3-1)19-10-13-11-20-16-9-5-4-8-15(16)17(13)18-12-19/h1-9,18H,10-12H2. The first-order chi connectivity index (χ1) is 9.92. The second-order valence-electron chi connectivity index (χ2n) is 5.13. The monoisotopic (exact) mass is 264 g/mol. The average molecular weight is 264 g/mol. The number of hydrogen-bond donors (Lipinski definition) is 1. The van der Waals surface area contributed by atoms with Crippen molar-refractivity contribution in [3.05, 3.63) is 65.7 Å². The van der Waals surface area contributed by atoms with Crippen molar-refractivity contribution in [1.82, 2.24) is 5.32 Å². The number of nitrogens with zero attached hydrogens (tertiary/aromatic N) is 1. The minimum Gasteiger partial charge on any atom is -0.488 e. The van der Waals surface area contributed by atoms with Gasteiger partial charge in [-0.2, -0.15) is 0 Å². The summed E-state index contributed by atoms with van der Waals surface area (Å²) in [6.07, 6.45) is 0. The Morgan fingerprint density at radius 2 is 1.75 bits per heavy atom. The molecule has 1 N–H and O–H groups in total. The van der Waals surface area contributed by atoms with Crippen molar-refractivity contribution in [3.8, 4) is 5.75 Å². The highest BCUT2D eigenvalue weighted by Gasteiger charge is 2.25. The Balaban J connectivity index is 1.67. The zero-order chi connectivity index (χ0) is 13.4. The summed E-state index contributed by atoms with van der Waals surface area (Å²) in [6.45, 7) is 2.42. The minimum atomic E-state index is 0.669. The number of para-hydroxylation sites is 2. The highest BCUT2D eigenvalue weighted by atomic mass is 16.5. The maximum atomic E-state index is 5.85. The Morgan fingerprint density at radius 1 is 0.950 bits per heavy atom. The molecule has 3 heteroatoms. The van der Waals surface area contributed by atoms with Gasteiger partial charge in [0.25, 0.3) is 0 Å². The molecule has 0 radical (unpaired) electrons. The molecule has 0 amide bonds. The lowest BCUT2D eigenvalue weighted by molar-refractivity contribution is 0.339. The molecule has 4 rings (SSSR count). The van der Waals surface area contributed by atoms with Gasteiger partial charge in [-0.25, -0.2) is 0 Å². The number of benzene rings is 2. The van der Waals surface area contributed by atoms with Gasteiger partial charge in [-0.1, -0.05) is 30.3 Å². The van der Waals surface area contributed by atoms with Crippen molar-refractivity contribution in [3.63, 3.8) is 0 Å². The van der Waals surface area contributed by atoms with Gasteiger partial charge < -0.3 is 15.0 Å². The van der Waals surface area contributed by atoms with Gasteiger partial charge in [0.15, 0.2) is 0 Å². The second-order valence-corrected chi connectivity index (χ2v) is 5.13. The van der Waals surface area contributed by atoms with Crippen molar-refractivity contribution >= 4 is 11.4 Å². The third-order valence-corrected chi connectivity index (χ3v) is 3.86. The van der Waals surface area contributed by atoms with Crippen LogP contribution in [0.25, 0.3) is 5.70 Å². The largest absolute Gasteiger partial charge is 0.488 e. The summed E-state index contributed by atoms with van der Waals surface area (Å²) in [5.41, 5.74) is 4.99. The first-order valence-corrected chi connectivity index (χ1v) is 6.90. The van der Waals surface area contributed by atoms with Crippen molar-refractivity contribution < 1.29 is 4.74 Å². The van der Waals surface area contributed by atoms with E-state index < -0.39 is 0 Å². The van der Waals surface area contributed by atoms with E-state index in [-0.39, 0.29) is 0 Å². The summed E-state index contributed by atoms with van der Waals surface area (Å²) in [5, 5.41) is 3.55. The molecule has 3 nitrogen and oxygen atoms in total. The van der Waals surface area contributed by atoms with Crippen molar-refractivity contribution in [1.29, 1.82) is 0 Å². The minimum absolute atomic E-state index is 0.669. The number of rotatable bonds is 1. The number of anilines is 1. The molecule has 2 aliphatic heterocycles. The quantitative estimate of drug-likeness (QED) is 0.857. The molecular weight excluding hydrogens is 248 g/mol. The topological polar surface area (TPSA) is 24.5 Å². The predicted octanol–water partition coefficient (Wildman–Crippen LogP) is 2.86. The van der Waals surface area contributed by atoms with Crippen LogP contribution in [-0.4, -0.2) is 19.8 Å². The average Bonchev–Trinajstić information content (AvgIpc) is 2.55. The molecule has 100 valence electrons. The molecule has 20 heavy (non-hydrogen) atoms. The summed E-state index contributed by atoms with van der Waals surface area (Å²) in [5.74, 6) is 0.979. The van der Waals surface area contributed by atoms with E-state index in [1.54, 1.807) is 0 Å². The van der Waals surface area contributed by atoms with Crippen LogP contribution in [0.4, 0.5) is 5.69 Å². The van der Waals surface area contributed by atoms with E-state index in [9.17, 15) is 0 Å². The predicted molar refractivity (Wildman–Crippen MR) is 80.6 cm³/mol. The van der Waals surface area contributed by atoms with E-state index in [2.05, 4.69) is 46.6 Å². The Bertz CT molecular complexity index is 664. The Kier molecular flexibility index (Phi) is 2.62. The normalized spacial score (nSPS) is 16.9. The van der Waals surface area contributed by atoms with E-state index in [1.165, 1.54) is 22.5 Å². The number of ether oxygens (including phenoxy) is 1. The lowest BCUT2D eigenvalue weighted by Gasteiger charge is -2.36. The van der Waals surface area contributed by atoms with Gasteiger partial charge in [0.2, 0.25) is 0 Å². The van der Waals surface area contributed by atoms with Crippen LogP contribution in [0.1, 0.15) is 5.56 Å². The van der Waals surface area contributed by atoms with Gasteiger partial charge in [-0.05, 0) is 24.3 Å². The van der Waals surface area contributed by atoms with Crippen LogP contribution in [0.3, 0.4) is 0 Å². The maximum absolute atomic E-state index is 5.85. The highest BCUT2D eigenvalue weighted by molar-refractivity contribution is 5.76. The summed E-state index contributed by atoms with van der Waals surface area (Å²) in [6, 6.07) is 18.7. The fourth-order valence-corrected chi connectivity index (χ4v) is 2.85. The van der Waals surface area contributed by atoms with Gasteiger partial charge in [0.1, 0.15) is 12.4 Å². The van der Waals surface area contributed by atoms with Crippen LogP contribution in [-0.2, 0) is 0 Å². The van der Waals surface area contributed by atoms with Crippen LogP contribution in [0.2, 0.25) is 0 Å². The molecule has 0 aliphatic carbocycles. The van der Waals surface area contributed by atoms with Gasteiger partial charge in [-0.3, -0.25) is 0 Å². The van der Waals surface area contributed by atoms with Gasteiger partial charge >= 0.3 is 0 Å². The molecule has 0 fully saturated rings. The smallest absolute Gasteiger partial charge is 0.129 e. The van der Waals surface area contributed by atoms with E-state index in [4.69, 9.17) is 4.74 Å². The third-order valence-electron chi connectivity index (χ3n) is 3.86. The molecule has 0 spiro atoms. The summed E-state index contributed by atoms with van der Waals surface area (Å²) in [7, 11) is 0. The van der Waals surface area contributed by atoms with Crippen LogP contribution in [0.5, 0.6) is 5.75 Å². The molecule has 2 aromatic carbocycles. The second kappa shape index (κ2) is 4.60. The van der Waals surface area contributed by atoms with Crippen LogP contribution in [0, 0.1) is 0 Å². The molecule has 0 saturated carbocycles. The SMILES string of the molecule is c1ccc(N2CNC3=C(COc4ccccc43)C2)cc1.